The smallest absolute Gasteiger partial charge is 0.246 e. The van der Waals surface area contributed by atoms with Crippen molar-refractivity contribution >= 4 is 23.6 Å². The van der Waals surface area contributed by atoms with Crippen molar-refractivity contribution in [2.75, 3.05) is 13.1 Å². The van der Waals surface area contributed by atoms with Crippen LogP contribution in [0.1, 0.15) is 31.2 Å². The Morgan fingerprint density at radius 3 is 2.28 bits per heavy atom. The van der Waals surface area contributed by atoms with Crippen molar-refractivity contribution in [1.82, 2.24) is 4.90 Å². The Hall–Kier alpha value is -1.28. The molecule has 2 nitrogen and oxygen atoms in total. The molecule has 0 spiro atoms. The third-order valence-corrected chi connectivity index (χ3v) is 3.46. The second kappa shape index (κ2) is 6.60. The standard InChI is InChI=1S/C15H18ClNO/c16-14-8-5-13(6-9-14)7-10-15(18)17-11-3-1-2-4-12-17/h5-10H,1-4,11-12H2/b10-7+. The van der Waals surface area contributed by atoms with Gasteiger partial charge in [-0.05, 0) is 36.6 Å². The maximum Gasteiger partial charge on any atom is 0.246 e. The van der Waals surface area contributed by atoms with Gasteiger partial charge >= 0.3 is 0 Å². The molecule has 0 saturated carbocycles. The van der Waals surface area contributed by atoms with E-state index in [1.54, 1.807) is 6.08 Å². The van der Waals surface area contributed by atoms with Gasteiger partial charge in [-0.25, -0.2) is 0 Å². The number of benzene rings is 1. The molecule has 0 unspecified atom stereocenters. The molecular weight excluding hydrogens is 246 g/mol. The molecule has 18 heavy (non-hydrogen) atoms. The number of hydrogen-bond acceptors (Lipinski definition) is 1. The van der Waals surface area contributed by atoms with Crippen LogP contribution in [-0.4, -0.2) is 23.9 Å². The molecule has 1 saturated heterocycles. The molecule has 1 amide bonds. The topological polar surface area (TPSA) is 20.3 Å². The Labute approximate surface area is 113 Å². The van der Waals surface area contributed by atoms with Gasteiger partial charge in [-0.15, -0.1) is 0 Å². The molecule has 0 aromatic heterocycles. The summed E-state index contributed by atoms with van der Waals surface area (Å²) in [4.78, 5) is 13.9. The largest absolute Gasteiger partial charge is 0.339 e. The average Bonchev–Trinajstić information content (AvgIpc) is 2.66. The molecule has 0 atom stereocenters. The summed E-state index contributed by atoms with van der Waals surface area (Å²) in [5, 5.41) is 0.714. The number of hydrogen-bond donors (Lipinski definition) is 0. The molecule has 1 aromatic rings. The molecule has 1 aliphatic rings. The molecule has 0 aliphatic carbocycles. The van der Waals surface area contributed by atoms with E-state index in [1.807, 2.05) is 35.2 Å². The third kappa shape index (κ3) is 3.88. The van der Waals surface area contributed by atoms with Gasteiger partial charge in [0, 0.05) is 24.2 Å². The van der Waals surface area contributed by atoms with E-state index in [-0.39, 0.29) is 5.91 Å². The zero-order chi connectivity index (χ0) is 12.8. The second-order valence-electron chi connectivity index (χ2n) is 4.62. The summed E-state index contributed by atoms with van der Waals surface area (Å²) in [5.41, 5.74) is 1.00. The quantitative estimate of drug-likeness (QED) is 0.744. The SMILES string of the molecule is O=C(/C=C/c1ccc(Cl)cc1)N1CCCCCC1. The number of nitrogens with zero attached hydrogens (tertiary/aromatic N) is 1. The van der Waals surface area contributed by atoms with Crippen LogP contribution in [0.2, 0.25) is 5.02 Å². The number of likely N-dealkylation sites (tertiary alicyclic amines) is 1. The molecule has 0 N–H and O–H groups in total. The van der Waals surface area contributed by atoms with Gasteiger partial charge in [-0.1, -0.05) is 36.6 Å². The van der Waals surface area contributed by atoms with Crippen molar-refractivity contribution < 1.29 is 4.79 Å². The summed E-state index contributed by atoms with van der Waals surface area (Å²) < 4.78 is 0. The van der Waals surface area contributed by atoms with Crippen LogP contribution in [0.25, 0.3) is 6.08 Å². The molecule has 1 fully saturated rings. The fraction of sp³-hybridized carbons (Fsp3) is 0.400. The van der Waals surface area contributed by atoms with Crippen LogP contribution in [0.3, 0.4) is 0 Å². The van der Waals surface area contributed by atoms with Crippen molar-refractivity contribution in [3.8, 4) is 0 Å². The first-order chi connectivity index (χ1) is 8.75. The minimum atomic E-state index is 0.117. The van der Waals surface area contributed by atoms with Gasteiger partial charge in [0.2, 0.25) is 5.91 Å². The van der Waals surface area contributed by atoms with Crippen LogP contribution < -0.4 is 0 Å². The van der Waals surface area contributed by atoms with Gasteiger partial charge in [0.05, 0.1) is 0 Å². The van der Waals surface area contributed by atoms with Crippen LogP contribution in [0.15, 0.2) is 30.3 Å². The van der Waals surface area contributed by atoms with Gasteiger partial charge in [0.15, 0.2) is 0 Å². The van der Waals surface area contributed by atoms with Gasteiger partial charge in [0.25, 0.3) is 0 Å². The Bertz CT molecular complexity index is 417. The Morgan fingerprint density at radius 1 is 1.06 bits per heavy atom. The van der Waals surface area contributed by atoms with Crippen molar-refractivity contribution in [3.05, 3.63) is 40.9 Å². The van der Waals surface area contributed by atoms with Crippen LogP contribution in [0.4, 0.5) is 0 Å². The summed E-state index contributed by atoms with van der Waals surface area (Å²) in [5.74, 6) is 0.117. The normalized spacial score (nSPS) is 16.8. The fourth-order valence-corrected chi connectivity index (χ4v) is 2.26. The highest BCUT2D eigenvalue weighted by molar-refractivity contribution is 6.30. The minimum absolute atomic E-state index is 0.117. The highest BCUT2D eigenvalue weighted by Gasteiger charge is 2.12. The highest BCUT2D eigenvalue weighted by atomic mass is 35.5. The second-order valence-corrected chi connectivity index (χ2v) is 5.06. The lowest BCUT2D eigenvalue weighted by Gasteiger charge is -2.17. The first-order valence-electron chi connectivity index (χ1n) is 6.48. The molecule has 1 aliphatic heterocycles. The molecule has 3 heteroatoms. The van der Waals surface area contributed by atoms with Gasteiger partial charge in [0.1, 0.15) is 0 Å². The lowest BCUT2D eigenvalue weighted by molar-refractivity contribution is -0.125. The highest BCUT2D eigenvalue weighted by Crippen LogP contribution is 2.12. The number of carbonyl (C=O) groups is 1. The number of halogens is 1. The van der Waals surface area contributed by atoms with Gasteiger partial charge in [-0.2, -0.15) is 0 Å². The van der Waals surface area contributed by atoms with Crippen molar-refractivity contribution in [2.24, 2.45) is 0 Å². The van der Waals surface area contributed by atoms with E-state index < -0.39 is 0 Å². The zero-order valence-corrected chi connectivity index (χ0v) is 11.2. The maximum atomic E-state index is 12.0. The van der Waals surface area contributed by atoms with E-state index >= 15 is 0 Å². The molecule has 0 radical (unpaired) electrons. The first kappa shape index (κ1) is 13.2. The fourth-order valence-electron chi connectivity index (χ4n) is 2.14. The Balaban J connectivity index is 1.95. The molecular formula is C15H18ClNO. The Morgan fingerprint density at radius 2 is 1.67 bits per heavy atom. The van der Waals surface area contributed by atoms with E-state index in [0.717, 1.165) is 31.5 Å². The van der Waals surface area contributed by atoms with Crippen molar-refractivity contribution in [3.63, 3.8) is 0 Å². The van der Waals surface area contributed by atoms with Crippen LogP contribution in [0, 0.1) is 0 Å². The summed E-state index contributed by atoms with van der Waals surface area (Å²) >= 11 is 5.81. The summed E-state index contributed by atoms with van der Waals surface area (Å²) in [6.45, 7) is 1.79. The summed E-state index contributed by atoms with van der Waals surface area (Å²) in [7, 11) is 0. The molecule has 1 aromatic carbocycles. The number of amides is 1. The lowest BCUT2D eigenvalue weighted by Crippen LogP contribution is -2.30. The number of carbonyl (C=O) groups excluding carboxylic acids is 1. The lowest BCUT2D eigenvalue weighted by atomic mass is 10.2. The number of rotatable bonds is 2. The van der Waals surface area contributed by atoms with Gasteiger partial charge < -0.3 is 4.90 Å². The maximum absolute atomic E-state index is 12.0. The van der Waals surface area contributed by atoms with E-state index in [1.165, 1.54) is 12.8 Å². The third-order valence-electron chi connectivity index (χ3n) is 3.21. The monoisotopic (exact) mass is 263 g/mol. The van der Waals surface area contributed by atoms with Crippen LogP contribution in [-0.2, 0) is 4.79 Å². The predicted octanol–water partition coefficient (Wildman–Crippen LogP) is 3.76. The Kier molecular flexibility index (Phi) is 4.82. The molecule has 2 rings (SSSR count). The van der Waals surface area contributed by atoms with Gasteiger partial charge in [-0.3, -0.25) is 4.79 Å². The molecule has 0 bridgehead atoms. The van der Waals surface area contributed by atoms with Crippen molar-refractivity contribution in [2.45, 2.75) is 25.7 Å². The van der Waals surface area contributed by atoms with Crippen molar-refractivity contribution in [1.29, 1.82) is 0 Å². The van der Waals surface area contributed by atoms with E-state index in [0.29, 0.717) is 5.02 Å². The van der Waals surface area contributed by atoms with E-state index in [2.05, 4.69) is 0 Å². The summed E-state index contributed by atoms with van der Waals surface area (Å²) in [6.07, 6.45) is 8.24. The van der Waals surface area contributed by atoms with Crippen LogP contribution >= 0.6 is 11.6 Å². The zero-order valence-electron chi connectivity index (χ0n) is 10.4. The predicted molar refractivity (Wildman–Crippen MR) is 75.5 cm³/mol. The van der Waals surface area contributed by atoms with Crippen LogP contribution in [0.5, 0.6) is 0 Å². The molecule has 96 valence electrons. The first-order valence-corrected chi connectivity index (χ1v) is 6.86. The van der Waals surface area contributed by atoms with E-state index in [4.69, 9.17) is 11.6 Å². The van der Waals surface area contributed by atoms with E-state index in [9.17, 15) is 4.79 Å². The minimum Gasteiger partial charge on any atom is -0.339 e. The average molecular weight is 264 g/mol. The summed E-state index contributed by atoms with van der Waals surface area (Å²) in [6, 6.07) is 7.48. The molecule has 1 heterocycles.